The van der Waals surface area contributed by atoms with Crippen LogP contribution in [-0.4, -0.2) is 45.4 Å². The molecular formula is C23H23ClFN3O3. The van der Waals surface area contributed by atoms with Crippen molar-refractivity contribution in [3.8, 4) is 17.0 Å². The van der Waals surface area contributed by atoms with Crippen LogP contribution in [0.1, 0.15) is 47.9 Å². The minimum Gasteiger partial charge on any atom is -0.507 e. The number of H-pyrrole nitrogens is 1. The van der Waals surface area contributed by atoms with Crippen LogP contribution >= 0.6 is 11.6 Å². The number of nitrogens with zero attached hydrogens (tertiary/aromatic N) is 2. The summed E-state index contributed by atoms with van der Waals surface area (Å²) in [4.78, 5) is 14.8. The maximum Gasteiger partial charge on any atom is 0.273 e. The molecule has 1 aliphatic rings. The van der Waals surface area contributed by atoms with E-state index in [-0.39, 0.29) is 23.5 Å². The molecule has 1 amide bonds. The number of carbonyl (C=O) groups excluding carboxylic acids is 1. The summed E-state index contributed by atoms with van der Waals surface area (Å²) in [5.41, 5.74) is 1.93. The number of fused-ring (bicyclic) bond motifs is 1. The van der Waals surface area contributed by atoms with Crippen LogP contribution in [0.3, 0.4) is 0 Å². The minimum atomic E-state index is -0.685. The molecule has 0 saturated carbocycles. The Hall–Kier alpha value is -2.90. The van der Waals surface area contributed by atoms with Gasteiger partial charge in [-0.3, -0.25) is 9.89 Å². The van der Waals surface area contributed by atoms with Crippen LogP contribution in [0, 0.1) is 5.82 Å². The summed E-state index contributed by atoms with van der Waals surface area (Å²) < 4.78 is 20.5. The average Bonchev–Trinajstić information content (AvgIpc) is 3.27. The number of aromatic nitrogens is 2. The quantitative estimate of drug-likeness (QED) is 0.507. The van der Waals surface area contributed by atoms with Crippen LogP contribution in [0.25, 0.3) is 11.3 Å². The zero-order chi connectivity index (χ0) is 22.1. The highest BCUT2D eigenvalue weighted by Crippen LogP contribution is 2.45. The fourth-order valence-electron chi connectivity index (χ4n) is 3.90. The molecule has 1 atom stereocenters. The molecule has 1 aliphatic heterocycles. The number of hydrogen-bond donors (Lipinski definition) is 2. The first-order chi connectivity index (χ1) is 14.9. The number of benzene rings is 2. The standard InChI is InChI=1S/C23H23ClFN3O3/c1-13(2)31-11-5-10-28-22(15-6-3-4-7-17(15)25)19-20(26-27-21(19)23(28)30)16-12-14(24)8-9-18(16)29/h3-4,6-9,12-13,22,29H,5,10-11H2,1-2H3,(H,26,27)/t22-/m0/s1. The van der Waals surface area contributed by atoms with Crippen molar-refractivity contribution in [2.45, 2.75) is 32.4 Å². The molecule has 0 radical (unpaired) electrons. The first-order valence-electron chi connectivity index (χ1n) is 10.1. The van der Waals surface area contributed by atoms with E-state index in [4.69, 9.17) is 16.3 Å². The summed E-state index contributed by atoms with van der Waals surface area (Å²) in [6.45, 7) is 4.76. The van der Waals surface area contributed by atoms with E-state index in [0.29, 0.717) is 47.0 Å². The van der Waals surface area contributed by atoms with Crippen LogP contribution in [-0.2, 0) is 4.74 Å². The zero-order valence-electron chi connectivity index (χ0n) is 17.2. The van der Waals surface area contributed by atoms with Crippen molar-refractivity contribution in [1.29, 1.82) is 0 Å². The van der Waals surface area contributed by atoms with Gasteiger partial charge in [-0.2, -0.15) is 5.10 Å². The molecule has 0 aliphatic carbocycles. The molecule has 0 saturated heterocycles. The Morgan fingerprint density at radius 3 is 2.81 bits per heavy atom. The third-order valence-electron chi connectivity index (χ3n) is 5.27. The van der Waals surface area contributed by atoms with Gasteiger partial charge in [-0.25, -0.2) is 4.39 Å². The van der Waals surface area contributed by atoms with Crippen LogP contribution in [0.5, 0.6) is 5.75 Å². The van der Waals surface area contributed by atoms with E-state index in [1.54, 1.807) is 35.2 Å². The van der Waals surface area contributed by atoms with Crippen molar-refractivity contribution in [2.24, 2.45) is 0 Å². The van der Waals surface area contributed by atoms with E-state index in [2.05, 4.69) is 10.2 Å². The molecule has 0 unspecified atom stereocenters. The summed E-state index contributed by atoms with van der Waals surface area (Å²) in [5, 5.41) is 17.9. The van der Waals surface area contributed by atoms with E-state index in [1.807, 2.05) is 13.8 Å². The van der Waals surface area contributed by atoms with E-state index in [0.717, 1.165) is 0 Å². The summed E-state index contributed by atoms with van der Waals surface area (Å²) in [6.07, 6.45) is 0.690. The smallest absolute Gasteiger partial charge is 0.273 e. The number of amides is 1. The normalized spacial score (nSPS) is 15.7. The summed E-state index contributed by atoms with van der Waals surface area (Å²) in [5.74, 6) is -0.714. The Balaban J connectivity index is 1.79. The lowest BCUT2D eigenvalue weighted by molar-refractivity contribution is 0.0599. The van der Waals surface area contributed by atoms with Gasteiger partial charge >= 0.3 is 0 Å². The Labute approximate surface area is 184 Å². The lowest BCUT2D eigenvalue weighted by Crippen LogP contribution is -2.31. The second kappa shape index (κ2) is 8.69. The van der Waals surface area contributed by atoms with Crippen LogP contribution in [0.4, 0.5) is 4.39 Å². The molecule has 2 N–H and O–H groups in total. The SMILES string of the molecule is CC(C)OCCCN1C(=O)c2[nH]nc(-c3cc(Cl)ccc3O)c2[C@@H]1c1ccccc1F. The molecule has 3 aromatic rings. The number of rotatable bonds is 7. The summed E-state index contributed by atoms with van der Waals surface area (Å²) >= 11 is 6.13. The van der Waals surface area contributed by atoms with Crippen molar-refractivity contribution in [1.82, 2.24) is 15.1 Å². The van der Waals surface area contributed by atoms with Crippen molar-refractivity contribution < 1.29 is 19.0 Å². The highest BCUT2D eigenvalue weighted by molar-refractivity contribution is 6.31. The third kappa shape index (κ3) is 4.03. The van der Waals surface area contributed by atoms with Crippen molar-refractivity contribution in [3.05, 3.63) is 70.1 Å². The number of aromatic hydroxyl groups is 1. The number of aromatic amines is 1. The molecule has 2 heterocycles. The first-order valence-corrected chi connectivity index (χ1v) is 10.5. The molecule has 4 rings (SSSR count). The molecular weight excluding hydrogens is 421 g/mol. The summed E-state index contributed by atoms with van der Waals surface area (Å²) in [7, 11) is 0. The van der Waals surface area contributed by atoms with Gasteiger partial charge in [-0.15, -0.1) is 0 Å². The van der Waals surface area contributed by atoms with Crippen molar-refractivity contribution >= 4 is 17.5 Å². The third-order valence-corrected chi connectivity index (χ3v) is 5.51. The zero-order valence-corrected chi connectivity index (χ0v) is 18.0. The number of phenols is 1. The van der Waals surface area contributed by atoms with E-state index in [9.17, 15) is 14.3 Å². The van der Waals surface area contributed by atoms with Crippen LogP contribution < -0.4 is 0 Å². The molecule has 6 nitrogen and oxygen atoms in total. The van der Waals surface area contributed by atoms with E-state index < -0.39 is 11.9 Å². The van der Waals surface area contributed by atoms with Gasteiger partial charge in [-0.1, -0.05) is 29.8 Å². The molecule has 0 bridgehead atoms. The Kier molecular flexibility index (Phi) is 5.98. The van der Waals surface area contributed by atoms with Gasteiger partial charge in [0.1, 0.15) is 23.0 Å². The highest BCUT2D eigenvalue weighted by atomic mass is 35.5. The lowest BCUT2D eigenvalue weighted by Gasteiger charge is -2.27. The first kappa shape index (κ1) is 21.3. The van der Waals surface area contributed by atoms with Gasteiger partial charge in [0.05, 0.1) is 12.1 Å². The van der Waals surface area contributed by atoms with E-state index in [1.165, 1.54) is 12.1 Å². The molecule has 8 heteroatoms. The second-order valence-electron chi connectivity index (χ2n) is 7.72. The van der Waals surface area contributed by atoms with Gasteiger partial charge in [0.15, 0.2) is 0 Å². The van der Waals surface area contributed by atoms with Gasteiger partial charge < -0.3 is 14.7 Å². The largest absolute Gasteiger partial charge is 0.507 e. The average molecular weight is 444 g/mol. The number of phenolic OH excluding ortho intramolecular Hbond substituents is 1. The number of halogens is 2. The van der Waals surface area contributed by atoms with Gasteiger partial charge in [-0.05, 0) is 44.5 Å². The Morgan fingerprint density at radius 2 is 2.06 bits per heavy atom. The van der Waals surface area contributed by atoms with Crippen molar-refractivity contribution in [2.75, 3.05) is 13.2 Å². The van der Waals surface area contributed by atoms with Gasteiger partial charge in [0.25, 0.3) is 5.91 Å². The monoisotopic (exact) mass is 443 g/mol. The number of nitrogens with one attached hydrogen (secondary N) is 1. The molecule has 0 fully saturated rings. The highest BCUT2D eigenvalue weighted by Gasteiger charge is 2.43. The fraction of sp³-hybridized carbons (Fsp3) is 0.304. The predicted octanol–water partition coefficient (Wildman–Crippen LogP) is 4.94. The second-order valence-corrected chi connectivity index (χ2v) is 8.15. The van der Waals surface area contributed by atoms with Crippen molar-refractivity contribution in [3.63, 3.8) is 0 Å². The number of hydrogen-bond acceptors (Lipinski definition) is 4. The molecule has 2 aromatic carbocycles. The molecule has 162 valence electrons. The summed E-state index contributed by atoms with van der Waals surface area (Å²) in [6, 6.07) is 10.3. The van der Waals surface area contributed by atoms with Crippen LogP contribution in [0.2, 0.25) is 5.02 Å². The number of carbonyl (C=O) groups is 1. The van der Waals surface area contributed by atoms with Gasteiger partial charge in [0.2, 0.25) is 0 Å². The van der Waals surface area contributed by atoms with E-state index >= 15 is 0 Å². The fourth-order valence-corrected chi connectivity index (χ4v) is 4.08. The maximum absolute atomic E-state index is 14.9. The molecule has 31 heavy (non-hydrogen) atoms. The molecule has 0 spiro atoms. The number of ether oxygens (including phenoxy) is 1. The van der Waals surface area contributed by atoms with Gasteiger partial charge in [0, 0.05) is 34.9 Å². The predicted molar refractivity (Wildman–Crippen MR) is 116 cm³/mol. The molecule has 1 aromatic heterocycles. The Bertz CT molecular complexity index is 1120. The maximum atomic E-state index is 14.9. The van der Waals surface area contributed by atoms with Crippen LogP contribution in [0.15, 0.2) is 42.5 Å². The Morgan fingerprint density at radius 1 is 1.29 bits per heavy atom. The lowest BCUT2D eigenvalue weighted by atomic mass is 9.95. The minimum absolute atomic E-state index is 0.0257. The topological polar surface area (TPSA) is 78.5 Å².